The summed E-state index contributed by atoms with van der Waals surface area (Å²) in [5.74, 6) is 0. The van der Waals surface area contributed by atoms with Crippen molar-refractivity contribution in [3.05, 3.63) is 0 Å². The molecule has 0 aromatic rings. The van der Waals surface area contributed by atoms with Gasteiger partial charge in [0.15, 0.2) is 0 Å². The molecule has 0 aromatic carbocycles. The van der Waals surface area contributed by atoms with Crippen LogP contribution in [0, 0.1) is 10.8 Å². The van der Waals surface area contributed by atoms with Gasteiger partial charge >= 0.3 is 0 Å². The maximum atomic E-state index is 3.64. The predicted molar refractivity (Wildman–Crippen MR) is 61.0 cm³/mol. The van der Waals surface area contributed by atoms with Crippen LogP contribution in [0.4, 0.5) is 0 Å². The van der Waals surface area contributed by atoms with Crippen molar-refractivity contribution >= 4 is 0 Å². The molecule has 0 fully saturated rings. The maximum Gasteiger partial charge on any atom is 0.0249 e. The molecule has 13 heavy (non-hydrogen) atoms. The zero-order valence-corrected chi connectivity index (χ0v) is 10.7. The van der Waals surface area contributed by atoms with E-state index in [2.05, 4.69) is 60.7 Å². The van der Waals surface area contributed by atoms with Gasteiger partial charge in [-0.2, -0.15) is 0 Å². The van der Waals surface area contributed by atoms with E-state index in [0.29, 0.717) is 0 Å². The van der Waals surface area contributed by atoms with Crippen molar-refractivity contribution in [3.8, 4) is 0 Å². The summed E-state index contributed by atoms with van der Waals surface area (Å²) >= 11 is 0. The highest BCUT2D eigenvalue weighted by atomic mass is 15.0. The van der Waals surface area contributed by atoms with Crippen molar-refractivity contribution in [2.75, 3.05) is 6.54 Å². The molecule has 0 saturated carbocycles. The van der Waals surface area contributed by atoms with Crippen LogP contribution in [-0.4, -0.2) is 12.1 Å². The fraction of sp³-hybridized carbons (Fsp3) is 1.00. The predicted octanol–water partition coefficient (Wildman–Crippen LogP) is 3.45. The highest BCUT2D eigenvalue weighted by Gasteiger charge is 2.45. The third-order valence-corrected chi connectivity index (χ3v) is 3.53. The van der Waals surface area contributed by atoms with E-state index >= 15 is 0 Å². The van der Waals surface area contributed by atoms with Gasteiger partial charge in [0.05, 0.1) is 0 Å². The van der Waals surface area contributed by atoms with Crippen molar-refractivity contribution in [1.29, 1.82) is 0 Å². The van der Waals surface area contributed by atoms with E-state index in [1.54, 1.807) is 0 Å². The lowest BCUT2D eigenvalue weighted by atomic mass is 9.61. The maximum absolute atomic E-state index is 3.64. The average molecular weight is 185 g/mol. The Bertz CT molecular complexity index is 143. The third kappa shape index (κ3) is 2.46. The van der Waals surface area contributed by atoms with E-state index in [4.69, 9.17) is 0 Å². The Balaban J connectivity index is 4.96. The van der Waals surface area contributed by atoms with Gasteiger partial charge in [-0.1, -0.05) is 48.5 Å². The molecule has 1 heteroatoms. The molecule has 1 N–H and O–H groups in total. The van der Waals surface area contributed by atoms with Gasteiger partial charge in [0.1, 0.15) is 0 Å². The van der Waals surface area contributed by atoms with Gasteiger partial charge in [-0.05, 0) is 24.3 Å². The lowest BCUT2D eigenvalue weighted by Crippen LogP contribution is -2.60. The van der Waals surface area contributed by atoms with E-state index in [1.807, 2.05) is 0 Å². The van der Waals surface area contributed by atoms with E-state index in [-0.39, 0.29) is 16.4 Å². The second-order valence-electron chi connectivity index (χ2n) is 6.16. The third-order valence-electron chi connectivity index (χ3n) is 3.53. The lowest BCUT2D eigenvalue weighted by Gasteiger charge is -2.52. The van der Waals surface area contributed by atoms with Gasteiger partial charge in [-0.25, -0.2) is 0 Å². The van der Waals surface area contributed by atoms with Crippen LogP contribution in [0.1, 0.15) is 55.4 Å². The second-order valence-corrected chi connectivity index (χ2v) is 6.16. The number of rotatable bonds is 2. The Morgan fingerprint density at radius 2 is 1.08 bits per heavy atom. The molecular weight excluding hydrogens is 158 g/mol. The first-order valence-corrected chi connectivity index (χ1v) is 5.31. The molecule has 0 aliphatic carbocycles. The van der Waals surface area contributed by atoms with E-state index in [9.17, 15) is 0 Å². The highest BCUT2D eigenvalue weighted by molar-refractivity contribution is 5.02. The fourth-order valence-electron chi connectivity index (χ4n) is 2.01. The van der Waals surface area contributed by atoms with Crippen molar-refractivity contribution in [1.82, 2.24) is 5.32 Å². The molecule has 0 aromatic heterocycles. The topological polar surface area (TPSA) is 12.0 Å². The molecule has 0 spiro atoms. The minimum atomic E-state index is 0.175. The summed E-state index contributed by atoms with van der Waals surface area (Å²) in [4.78, 5) is 0. The first-order valence-electron chi connectivity index (χ1n) is 5.31. The van der Waals surface area contributed by atoms with Gasteiger partial charge < -0.3 is 5.32 Å². The monoisotopic (exact) mass is 185 g/mol. The molecule has 0 amide bonds. The Kier molecular flexibility index (Phi) is 3.59. The zero-order chi connectivity index (χ0) is 10.9. The quantitative estimate of drug-likeness (QED) is 0.695. The summed E-state index contributed by atoms with van der Waals surface area (Å²) in [5.41, 5.74) is 0.733. The minimum absolute atomic E-state index is 0.175. The van der Waals surface area contributed by atoms with Crippen LogP contribution in [0.5, 0.6) is 0 Å². The lowest BCUT2D eigenvalue weighted by molar-refractivity contribution is 0.0401. The van der Waals surface area contributed by atoms with Crippen molar-refractivity contribution in [2.45, 2.75) is 60.9 Å². The Morgan fingerprint density at radius 3 is 1.15 bits per heavy atom. The zero-order valence-electron chi connectivity index (χ0n) is 10.7. The molecule has 0 bridgehead atoms. The van der Waals surface area contributed by atoms with Gasteiger partial charge in [-0.15, -0.1) is 0 Å². The van der Waals surface area contributed by atoms with Crippen LogP contribution in [0.25, 0.3) is 0 Å². The summed E-state index contributed by atoms with van der Waals surface area (Å²) in [6.45, 7) is 19.4. The average Bonchev–Trinajstić information content (AvgIpc) is 1.82. The Labute approximate surface area is 84.3 Å². The van der Waals surface area contributed by atoms with Crippen molar-refractivity contribution < 1.29 is 0 Å². The molecule has 1 nitrogen and oxygen atoms in total. The van der Waals surface area contributed by atoms with Crippen LogP contribution in [0.2, 0.25) is 0 Å². The smallest absolute Gasteiger partial charge is 0.0249 e. The van der Waals surface area contributed by atoms with Gasteiger partial charge in [0.25, 0.3) is 0 Å². The number of nitrogens with one attached hydrogen (secondary N) is 1. The number of hydrogen-bond donors (Lipinski definition) is 1. The van der Waals surface area contributed by atoms with Crippen LogP contribution in [-0.2, 0) is 0 Å². The molecule has 0 heterocycles. The molecule has 0 rings (SSSR count). The van der Waals surface area contributed by atoms with Crippen molar-refractivity contribution in [2.24, 2.45) is 10.8 Å². The first kappa shape index (κ1) is 13.0. The standard InChI is InChI=1S/C12H27N/c1-9-13-12(8,10(2,3)4)11(5,6)7/h13H,9H2,1-8H3. The summed E-state index contributed by atoms with van der Waals surface area (Å²) < 4.78 is 0. The summed E-state index contributed by atoms with van der Waals surface area (Å²) in [5, 5.41) is 3.64. The molecule has 0 aliphatic heterocycles. The Morgan fingerprint density at radius 1 is 0.769 bits per heavy atom. The summed E-state index contributed by atoms with van der Waals surface area (Å²) in [6.07, 6.45) is 0. The molecular formula is C12H27N. The fourth-order valence-corrected chi connectivity index (χ4v) is 2.01. The van der Waals surface area contributed by atoms with Crippen LogP contribution in [0.3, 0.4) is 0 Å². The molecule has 0 radical (unpaired) electrons. The van der Waals surface area contributed by atoms with Gasteiger partial charge in [-0.3, -0.25) is 0 Å². The van der Waals surface area contributed by atoms with Gasteiger partial charge in [0.2, 0.25) is 0 Å². The number of hydrogen-bond acceptors (Lipinski definition) is 1. The van der Waals surface area contributed by atoms with Crippen molar-refractivity contribution in [3.63, 3.8) is 0 Å². The first-order chi connectivity index (χ1) is 5.56. The summed E-state index contributed by atoms with van der Waals surface area (Å²) in [6, 6.07) is 0. The summed E-state index contributed by atoms with van der Waals surface area (Å²) in [7, 11) is 0. The molecule has 0 aliphatic rings. The van der Waals surface area contributed by atoms with E-state index in [0.717, 1.165) is 6.54 Å². The molecule has 0 atom stereocenters. The molecule has 0 unspecified atom stereocenters. The highest BCUT2D eigenvalue weighted by Crippen LogP contribution is 2.43. The Hall–Kier alpha value is -0.0400. The minimum Gasteiger partial charge on any atom is -0.311 e. The SMILES string of the molecule is CCNC(C)(C(C)(C)C)C(C)(C)C. The van der Waals surface area contributed by atoms with Gasteiger partial charge in [0, 0.05) is 5.54 Å². The van der Waals surface area contributed by atoms with Crippen LogP contribution >= 0.6 is 0 Å². The largest absolute Gasteiger partial charge is 0.311 e. The normalized spacial score (nSPS) is 14.8. The van der Waals surface area contributed by atoms with E-state index in [1.165, 1.54) is 0 Å². The second kappa shape index (κ2) is 3.61. The van der Waals surface area contributed by atoms with E-state index < -0.39 is 0 Å². The molecule has 0 saturated heterocycles. The van der Waals surface area contributed by atoms with Crippen LogP contribution < -0.4 is 5.32 Å². The molecule has 80 valence electrons. The van der Waals surface area contributed by atoms with Crippen LogP contribution in [0.15, 0.2) is 0 Å².